The van der Waals surface area contributed by atoms with Crippen molar-refractivity contribution in [3.8, 4) is 0 Å². The quantitative estimate of drug-likeness (QED) is 0.245. The molecule has 0 spiro atoms. The molecule has 1 aliphatic rings. The van der Waals surface area contributed by atoms with Gasteiger partial charge in [0.2, 0.25) is 0 Å². The van der Waals surface area contributed by atoms with E-state index in [4.69, 9.17) is 4.99 Å². The van der Waals surface area contributed by atoms with Crippen LogP contribution in [0.15, 0.2) is 29.3 Å². The lowest BCUT2D eigenvalue weighted by atomic mass is 10.1. The Balaban J connectivity index is 0.00000300. The second-order valence-electron chi connectivity index (χ2n) is 7.67. The van der Waals surface area contributed by atoms with E-state index in [9.17, 15) is 0 Å². The zero-order valence-corrected chi connectivity index (χ0v) is 20.5. The van der Waals surface area contributed by atoms with E-state index in [1.807, 2.05) is 6.07 Å². The average Bonchev–Trinajstić information content (AvgIpc) is 3.02. The molecule has 7 heteroatoms. The van der Waals surface area contributed by atoms with Crippen molar-refractivity contribution in [1.82, 2.24) is 25.1 Å². The van der Waals surface area contributed by atoms with E-state index >= 15 is 0 Å². The first-order chi connectivity index (χ1) is 13.7. The lowest BCUT2D eigenvalue weighted by Gasteiger charge is -2.32. The molecule has 0 aliphatic carbocycles. The molecule has 1 aliphatic heterocycles. The third-order valence-electron chi connectivity index (χ3n) is 5.47. The molecular formula is C22H37IN6. The number of nitrogens with zero attached hydrogens (tertiary/aromatic N) is 4. The predicted octanol–water partition coefficient (Wildman–Crippen LogP) is 3.78. The second-order valence-corrected chi connectivity index (χ2v) is 7.67. The molecule has 0 atom stereocenters. The Hall–Kier alpha value is -1.35. The van der Waals surface area contributed by atoms with Gasteiger partial charge in [-0.2, -0.15) is 0 Å². The number of aliphatic imine (C=N–C) groups is 1. The van der Waals surface area contributed by atoms with Crippen molar-refractivity contribution >= 4 is 41.0 Å². The van der Waals surface area contributed by atoms with Crippen LogP contribution in [0.4, 0.5) is 0 Å². The van der Waals surface area contributed by atoms with Crippen LogP contribution in [0.5, 0.6) is 0 Å². The van der Waals surface area contributed by atoms with Gasteiger partial charge in [-0.05, 0) is 58.2 Å². The summed E-state index contributed by atoms with van der Waals surface area (Å²) in [4.78, 5) is 12.0. The van der Waals surface area contributed by atoms with Crippen LogP contribution in [0, 0.1) is 6.92 Å². The molecule has 0 saturated carbocycles. The standard InChI is InChI=1S/C22H36N6.HI/c1-4-14-27-16-11-19(12-17-27)26-22(23-5-2)24-13-8-15-28-18(3)25-20-9-6-7-10-21(20)28;/h6-7,9-10,19H,4-5,8,11-17H2,1-3H3,(H2,23,24,26);1H. The largest absolute Gasteiger partial charge is 0.357 e. The summed E-state index contributed by atoms with van der Waals surface area (Å²) < 4.78 is 2.30. The molecule has 2 aromatic rings. The van der Waals surface area contributed by atoms with Gasteiger partial charge in [0, 0.05) is 38.8 Å². The van der Waals surface area contributed by atoms with Crippen LogP contribution < -0.4 is 10.6 Å². The highest BCUT2D eigenvalue weighted by Gasteiger charge is 2.19. The number of likely N-dealkylation sites (tertiary alicyclic amines) is 1. The summed E-state index contributed by atoms with van der Waals surface area (Å²) >= 11 is 0. The highest BCUT2D eigenvalue weighted by molar-refractivity contribution is 14.0. The van der Waals surface area contributed by atoms with Gasteiger partial charge in [-0.1, -0.05) is 19.1 Å². The van der Waals surface area contributed by atoms with Gasteiger partial charge >= 0.3 is 0 Å². The van der Waals surface area contributed by atoms with Crippen LogP contribution in [0.3, 0.4) is 0 Å². The number of hydrogen-bond acceptors (Lipinski definition) is 3. The van der Waals surface area contributed by atoms with Crippen LogP contribution in [0.1, 0.15) is 45.4 Å². The Morgan fingerprint density at radius 2 is 1.93 bits per heavy atom. The summed E-state index contributed by atoms with van der Waals surface area (Å²) in [5.41, 5.74) is 2.29. The van der Waals surface area contributed by atoms with Gasteiger partial charge in [-0.3, -0.25) is 4.99 Å². The third kappa shape index (κ3) is 6.84. The molecule has 29 heavy (non-hydrogen) atoms. The van der Waals surface area contributed by atoms with E-state index in [2.05, 4.69) is 64.1 Å². The fraction of sp³-hybridized carbons (Fsp3) is 0.636. The monoisotopic (exact) mass is 512 g/mol. The minimum atomic E-state index is 0. The smallest absolute Gasteiger partial charge is 0.191 e. The summed E-state index contributed by atoms with van der Waals surface area (Å²) in [5.74, 6) is 2.04. The van der Waals surface area contributed by atoms with Crippen molar-refractivity contribution in [1.29, 1.82) is 0 Å². The average molecular weight is 512 g/mol. The number of hydrogen-bond donors (Lipinski definition) is 2. The predicted molar refractivity (Wildman–Crippen MR) is 133 cm³/mol. The molecule has 3 rings (SSSR count). The summed E-state index contributed by atoms with van der Waals surface area (Å²) in [6, 6.07) is 8.89. The van der Waals surface area contributed by atoms with Gasteiger partial charge in [0.05, 0.1) is 11.0 Å². The van der Waals surface area contributed by atoms with Crippen LogP contribution in [-0.2, 0) is 6.54 Å². The first-order valence-corrected chi connectivity index (χ1v) is 10.9. The molecule has 1 fully saturated rings. The molecule has 2 heterocycles. The van der Waals surface area contributed by atoms with Gasteiger partial charge in [-0.15, -0.1) is 24.0 Å². The Labute approximate surface area is 192 Å². The summed E-state index contributed by atoms with van der Waals surface area (Å²) in [7, 11) is 0. The van der Waals surface area contributed by atoms with Crippen molar-refractivity contribution in [2.24, 2.45) is 4.99 Å². The van der Waals surface area contributed by atoms with E-state index in [1.54, 1.807) is 0 Å². The number of rotatable bonds is 8. The number of aromatic nitrogens is 2. The molecular weight excluding hydrogens is 475 g/mol. The highest BCUT2D eigenvalue weighted by Crippen LogP contribution is 2.15. The van der Waals surface area contributed by atoms with Crippen molar-refractivity contribution in [3.05, 3.63) is 30.1 Å². The van der Waals surface area contributed by atoms with Crippen LogP contribution in [0.25, 0.3) is 11.0 Å². The van der Waals surface area contributed by atoms with Gasteiger partial charge in [0.25, 0.3) is 0 Å². The molecule has 0 amide bonds. The molecule has 0 bridgehead atoms. The maximum Gasteiger partial charge on any atom is 0.191 e. The van der Waals surface area contributed by atoms with Crippen LogP contribution >= 0.6 is 24.0 Å². The number of aryl methyl sites for hydroxylation is 2. The zero-order chi connectivity index (χ0) is 19.8. The molecule has 0 unspecified atom stereocenters. The Bertz CT molecular complexity index is 764. The van der Waals surface area contributed by atoms with Gasteiger partial charge < -0.3 is 20.1 Å². The summed E-state index contributed by atoms with van der Waals surface area (Å²) in [5, 5.41) is 7.05. The van der Waals surface area contributed by atoms with Gasteiger partial charge in [-0.25, -0.2) is 4.98 Å². The van der Waals surface area contributed by atoms with E-state index < -0.39 is 0 Å². The van der Waals surface area contributed by atoms with Crippen molar-refractivity contribution in [2.75, 3.05) is 32.7 Å². The SMILES string of the molecule is CCCN1CCC(NC(=NCCCn2c(C)nc3ccccc32)NCC)CC1.I. The number of piperidine rings is 1. The number of halogens is 1. The van der Waals surface area contributed by atoms with Crippen molar-refractivity contribution in [2.45, 2.75) is 59.0 Å². The Morgan fingerprint density at radius 1 is 1.17 bits per heavy atom. The Morgan fingerprint density at radius 3 is 2.66 bits per heavy atom. The molecule has 1 aromatic carbocycles. The molecule has 6 nitrogen and oxygen atoms in total. The van der Waals surface area contributed by atoms with Crippen molar-refractivity contribution in [3.63, 3.8) is 0 Å². The molecule has 1 aromatic heterocycles. The summed E-state index contributed by atoms with van der Waals surface area (Å²) in [6.07, 6.45) is 4.65. The van der Waals surface area contributed by atoms with E-state index in [1.165, 1.54) is 44.4 Å². The van der Waals surface area contributed by atoms with E-state index in [0.717, 1.165) is 43.4 Å². The lowest BCUT2D eigenvalue weighted by Crippen LogP contribution is -2.48. The number of para-hydroxylation sites is 2. The fourth-order valence-electron chi connectivity index (χ4n) is 4.03. The van der Waals surface area contributed by atoms with E-state index in [-0.39, 0.29) is 24.0 Å². The third-order valence-corrected chi connectivity index (χ3v) is 5.47. The van der Waals surface area contributed by atoms with Gasteiger partial charge in [0.1, 0.15) is 5.82 Å². The highest BCUT2D eigenvalue weighted by atomic mass is 127. The topological polar surface area (TPSA) is 57.5 Å². The molecule has 1 saturated heterocycles. The molecule has 2 N–H and O–H groups in total. The van der Waals surface area contributed by atoms with Gasteiger partial charge in [0.15, 0.2) is 5.96 Å². The molecule has 162 valence electrons. The molecule has 0 radical (unpaired) electrons. The number of benzene rings is 1. The fourth-order valence-corrected chi connectivity index (χ4v) is 4.03. The minimum Gasteiger partial charge on any atom is -0.357 e. The minimum absolute atomic E-state index is 0. The maximum absolute atomic E-state index is 4.82. The second kappa shape index (κ2) is 12.4. The lowest BCUT2D eigenvalue weighted by molar-refractivity contribution is 0.206. The van der Waals surface area contributed by atoms with Crippen LogP contribution in [0.2, 0.25) is 0 Å². The number of guanidine groups is 1. The zero-order valence-electron chi connectivity index (χ0n) is 18.2. The first kappa shape index (κ1) is 23.9. The summed E-state index contributed by atoms with van der Waals surface area (Å²) in [6.45, 7) is 12.7. The van der Waals surface area contributed by atoms with Crippen molar-refractivity contribution < 1.29 is 0 Å². The number of nitrogens with one attached hydrogen (secondary N) is 2. The maximum atomic E-state index is 4.82. The van der Waals surface area contributed by atoms with Crippen LogP contribution in [-0.4, -0.2) is 59.2 Å². The Kier molecular flexibility index (Phi) is 10.2. The normalized spacial score (nSPS) is 16.0. The number of imidazole rings is 1. The first-order valence-electron chi connectivity index (χ1n) is 10.9. The number of fused-ring (bicyclic) bond motifs is 1. The van der Waals surface area contributed by atoms with E-state index in [0.29, 0.717) is 6.04 Å².